The third-order valence-corrected chi connectivity index (χ3v) is 5.63. The highest BCUT2D eigenvalue weighted by molar-refractivity contribution is 7.86. The summed E-state index contributed by atoms with van der Waals surface area (Å²) in [6.07, 6.45) is 0.138. The van der Waals surface area contributed by atoms with E-state index in [4.69, 9.17) is 32.3 Å². The van der Waals surface area contributed by atoms with Gasteiger partial charge >= 0.3 is 0 Å². The van der Waals surface area contributed by atoms with Crippen LogP contribution in [0.2, 0.25) is 10.0 Å². The van der Waals surface area contributed by atoms with Gasteiger partial charge in [-0.15, -0.1) is 0 Å². The zero-order chi connectivity index (χ0) is 17.4. The molecule has 0 atom stereocenters. The minimum absolute atomic E-state index is 0.133. The molecule has 0 saturated carbocycles. The fourth-order valence-electron chi connectivity index (χ4n) is 1.95. The maximum absolute atomic E-state index is 11.2. The summed E-state index contributed by atoms with van der Waals surface area (Å²) >= 11 is 11.4. The molecule has 0 unspecified atom stereocenters. The maximum Gasteiger partial charge on any atom is 0.296 e. The first kappa shape index (κ1) is 18.2. The van der Waals surface area contributed by atoms with Crippen molar-refractivity contribution >= 4 is 43.4 Å². The molecule has 0 aromatic heterocycles. The maximum atomic E-state index is 11.2. The van der Waals surface area contributed by atoms with E-state index < -0.39 is 30.0 Å². The van der Waals surface area contributed by atoms with E-state index >= 15 is 0 Å². The Balaban J connectivity index is 2.45. The molecule has 0 fully saturated rings. The summed E-state index contributed by atoms with van der Waals surface area (Å²) in [5, 5.41) is -0.267. The van der Waals surface area contributed by atoms with Crippen LogP contribution in [-0.2, 0) is 26.7 Å². The molecule has 0 bridgehead atoms. The molecule has 0 aliphatic heterocycles. The lowest BCUT2D eigenvalue weighted by atomic mass is 10.1. The lowest BCUT2D eigenvalue weighted by Gasteiger charge is -2.08. The van der Waals surface area contributed by atoms with Crippen LogP contribution in [0.25, 0.3) is 0 Å². The average Bonchev–Trinajstić information content (AvgIpc) is 2.40. The zero-order valence-corrected chi connectivity index (χ0v) is 14.4. The summed E-state index contributed by atoms with van der Waals surface area (Å²) in [5.41, 5.74) is 0.927. The van der Waals surface area contributed by atoms with Crippen molar-refractivity contribution in [1.82, 2.24) is 0 Å². The van der Waals surface area contributed by atoms with Gasteiger partial charge in [0.1, 0.15) is 9.79 Å². The Kier molecular flexibility index (Phi) is 5.05. The Morgan fingerprint density at radius 3 is 1.39 bits per heavy atom. The van der Waals surface area contributed by atoms with E-state index in [1.807, 2.05) is 0 Å². The molecule has 2 N–H and O–H groups in total. The monoisotopic (exact) mass is 396 g/mol. The minimum atomic E-state index is -4.48. The summed E-state index contributed by atoms with van der Waals surface area (Å²) in [4.78, 5) is -0.888. The van der Waals surface area contributed by atoms with Crippen molar-refractivity contribution in [2.75, 3.05) is 0 Å². The standard InChI is InChI=1S/C13H10Cl2O6S2/c14-10-3-1-8(6-12(10)22(16,17)18)5-9-2-4-11(15)13(7-9)23(19,20)21/h1-4,6-7H,5H2,(H,16,17,18)(H,19,20,21). The van der Waals surface area contributed by atoms with Crippen LogP contribution in [-0.4, -0.2) is 25.9 Å². The Hall–Kier alpha value is -1.16. The summed E-state index contributed by atoms with van der Waals surface area (Å²) in [7, 11) is -8.95. The highest BCUT2D eigenvalue weighted by Gasteiger charge is 2.17. The summed E-state index contributed by atoms with van der Waals surface area (Å²) in [6, 6.07) is 8.02. The molecule has 2 aromatic rings. The predicted octanol–water partition coefficient (Wildman–Crippen LogP) is 3.08. The predicted molar refractivity (Wildman–Crippen MR) is 85.3 cm³/mol. The SMILES string of the molecule is O=S(=O)(O)c1cc(Cc2ccc(Cl)c(S(=O)(=O)O)c2)ccc1Cl. The van der Waals surface area contributed by atoms with Gasteiger partial charge in [0.05, 0.1) is 10.0 Å². The molecule has 2 aromatic carbocycles. The van der Waals surface area contributed by atoms with Crippen molar-refractivity contribution in [3.05, 3.63) is 57.6 Å². The molecule has 6 nitrogen and oxygen atoms in total. The van der Waals surface area contributed by atoms with E-state index in [0.29, 0.717) is 11.1 Å². The lowest BCUT2D eigenvalue weighted by molar-refractivity contribution is 0.481. The van der Waals surface area contributed by atoms with Crippen molar-refractivity contribution in [3.63, 3.8) is 0 Å². The Morgan fingerprint density at radius 1 is 0.739 bits per heavy atom. The van der Waals surface area contributed by atoms with Crippen LogP contribution < -0.4 is 0 Å². The third kappa shape index (κ3) is 4.43. The first-order chi connectivity index (χ1) is 10.5. The highest BCUT2D eigenvalue weighted by atomic mass is 35.5. The third-order valence-electron chi connectivity index (χ3n) is 2.96. The quantitative estimate of drug-likeness (QED) is 0.768. The van der Waals surface area contributed by atoms with Gasteiger partial charge in [0.15, 0.2) is 0 Å². The second-order valence-corrected chi connectivity index (χ2v) is 8.25. The topological polar surface area (TPSA) is 109 Å². The van der Waals surface area contributed by atoms with Crippen molar-refractivity contribution in [2.24, 2.45) is 0 Å². The van der Waals surface area contributed by atoms with Gasteiger partial charge in [0.2, 0.25) is 0 Å². The second-order valence-electron chi connectivity index (χ2n) is 4.66. The molecule has 10 heteroatoms. The lowest BCUT2D eigenvalue weighted by Crippen LogP contribution is -2.02. The fourth-order valence-corrected chi connectivity index (χ4v) is 4.00. The smallest absolute Gasteiger partial charge is 0.282 e. The van der Waals surface area contributed by atoms with E-state index in [0.717, 1.165) is 0 Å². The van der Waals surface area contributed by atoms with Gasteiger partial charge in [-0.25, -0.2) is 0 Å². The number of hydrogen-bond acceptors (Lipinski definition) is 4. The van der Waals surface area contributed by atoms with Crippen LogP contribution in [0.5, 0.6) is 0 Å². The van der Waals surface area contributed by atoms with E-state index in [1.54, 1.807) is 0 Å². The molecular weight excluding hydrogens is 387 g/mol. The van der Waals surface area contributed by atoms with Crippen LogP contribution in [0.3, 0.4) is 0 Å². The van der Waals surface area contributed by atoms with E-state index in [-0.39, 0.29) is 16.5 Å². The number of rotatable bonds is 4. The Morgan fingerprint density at radius 2 is 1.09 bits per heavy atom. The van der Waals surface area contributed by atoms with Crippen molar-refractivity contribution in [1.29, 1.82) is 0 Å². The average molecular weight is 397 g/mol. The summed E-state index contributed by atoms with van der Waals surface area (Å²) in [5.74, 6) is 0. The molecule has 0 heterocycles. The molecule has 23 heavy (non-hydrogen) atoms. The van der Waals surface area contributed by atoms with Gasteiger partial charge in [-0.2, -0.15) is 16.8 Å². The molecule has 0 amide bonds. The summed E-state index contributed by atoms with van der Waals surface area (Å²) in [6.45, 7) is 0. The van der Waals surface area contributed by atoms with Gasteiger partial charge in [0.25, 0.3) is 20.2 Å². The first-order valence-electron chi connectivity index (χ1n) is 6.00. The van der Waals surface area contributed by atoms with Gasteiger partial charge in [-0.05, 0) is 41.8 Å². The largest absolute Gasteiger partial charge is 0.296 e. The number of hydrogen-bond donors (Lipinski definition) is 2. The van der Waals surface area contributed by atoms with E-state index in [2.05, 4.69) is 0 Å². The Bertz CT molecular complexity index is 888. The number of benzene rings is 2. The van der Waals surface area contributed by atoms with Crippen LogP contribution in [0.15, 0.2) is 46.2 Å². The fraction of sp³-hybridized carbons (Fsp3) is 0.0769. The van der Waals surface area contributed by atoms with Gasteiger partial charge in [-0.3, -0.25) is 9.11 Å². The minimum Gasteiger partial charge on any atom is -0.282 e. The van der Waals surface area contributed by atoms with Crippen molar-refractivity contribution < 1.29 is 25.9 Å². The van der Waals surface area contributed by atoms with Crippen molar-refractivity contribution in [2.45, 2.75) is 16.2 Å². The van der Waals surface area contributed by atoms with E-state index in [9.17, 15) is 16.8 Å². The molecule has 0 aliphatic rings. The molecular formula is C13H10Cl2O6S2. The normalized spacial score (nSPS) is 12.3. The first-order valence-corrected chi connectivity index (χ1v) is 9.64. The van der Waals surface area contributed by atoms with Gasteiger partial charge in [-0.1, -0.05) is 35.3 Å². The second kappa shape index (κ2) is 6.39. The van der Waals surface area contributed by atoms with Gasteiger partial charge in [0, 0.05) is 0 Å². The highest BCUT2D eigenvalue weighted by Crippen LogP contribution is 2.26. The van der Waals surface area contributed by atoms with Crippen LogP contribution in [0.1, 0.15) is 11.1 Å². The van der Waals surface area contributed by atoms with Crippen LogP contribution >= 0.6 is 23.2 Å². The van der Waals surface area contributed by atoms with E-state index in [1.165, 1.54) is 36.4 Å². The summed E-state index contributed by atoms with van der Waals surface area (Å²) < 4.78 is 63.1. The van der Waals surface area contributed by atoms with Gasteiger partial charge < -0.3 is 0 Å². The zero-order valence-electron chi connectivity index (χ0n) is 11.3. The van der Waals surface area contributed by atoms with Crippen LogP contribution in [0.4, 0.5) is 0 Å². The van der Waals surface area contributed by atoms with Crippen molar-refractivity contribution in [3.8, 4) is 0 Å². The molecule has 0 radical (unpaired) electrons. The molecule has 0 saturated heterocycles. The molecule has 0 spiro atoms. The molecule has 0 aliphatic carbocycles. The van der Waals surface area contributed by atoms with Crippen LogP contribution in [0, 0.1) is 0 Å². The number of halogens is 2. The molecule has 124 valence electrons. The molecule has 2 rings (SSSR count). The Labute approximate surface area is 143 Å².